The highest BCUT2D eigenvalue weighted by molar-refractivity contribution is 5.78. The van der Waals surface area contributed by atoms with E-state index >= 15 is 0 Å². The van der Waals surface area contributed by atoms with E-state index in [0.29, 0.717) is 18.7 Å². The fourth-order valence-electron chi connectivity index (χ4n) is 2.30. The summed E-state index contributed by atoms with van der Waals surface area (Å²) >= 11 is 0. The second kappa shape index (κ2) is 4.84. The van der Waals surface area contributed by atoms with Gasteiger partial charge in [0.15, 0.2) is 0 Å². The molecule has 1 aliphatic heterocycles. The van der Waals surface area contributed by atoms with Crippen LogP contribution in [0.2, 0.25) is 0 Å². The van der Waals surface area contributed by atoms with E-state index in [2.05, 4.69) is 4.98 Å². The second-order valence-corrected chi connectivity index (χ2v) is 4.62. The van der Waals surface area contributed by atoms with Crippen LogP contribution < -0.4 is 0 Å². The molecule has 0 spiro atoms. The van der Waals surface area contributed by atoms with Crippen LogP contribution in [-0.4, -0.2) is 26.9 Å². The summed E-state index contributed by atoms with van der Waals surface area (Å²) in [6, 6.07) is 6.40. The van der Waals surface area contributed by atoms with Crippen molar-refractivity contribution in [1.29, 1.82) is 0 Å². The van der Waals surface area contributed by atoms with Crippen LogP contribution >= 0.6 is 0 Å². The molecule has 0 aliphatic carbocycles. The van der Waals surface area contributed by atoms with E-state index in [1.54, 1.807) is 29.3 Å². The Bertz CT molecular complexity index is 608. The monoisotopic (exact) mass is 259 g/mol. The summed E-state index contributed by atoms with van der Waals surface area (Å²) in [5, 5.41) is 0. The number of hydrogen-bond donors (Lipinski definition) is 0. The first-order valence-electron chi connectivity index (χ1n) is 6.25. The van der Waals surface area contributed by atoms with Crippen LogP contribution in [0.1, 0.15) is 11.4 Å². The molecule has 0 saturated carbocycles. The van der Waals surface area contributed by atoms with Crippen molar-refractivity contribution in [3.8, 4) is 0 Å². The molecule has 19 heavy (non-hydrogen) atoms. The topological polar surface area (TPSA) is 38.1 Å². The molecule has 1 aliphatic rings. The normalized spacial score (nSPS) is 14.3. The third-order valence-electron chi connectivity index (χ3n) is 3.40. The van der Waals surface area contributed by atoms with Crippen LogP contribution in [0.4, 0.5) is 4.39 Å². The maximum atomic E-state index is 13.5. The van der Waals surface area contributed by atoms with E-state index in [0.717, 1.165) is 12.4 Å². The molecule has 1 amide bonds. The Balaban J connectivity index is 1.71. The zero-order valence-corrected chi connectivity index (χ0v) is 10.4. The van der Waals surface area contributed by atoms with Crippen LogP contribution in [0, 0.1) is 5.82 Å². The van der Waals surface area contributed by atoms with Gasteiger partial charge in [0.2, 0.25) is 5.91 Å². The van der Waals surface area contributed by atoms with Gasteiger partial charge in [-0.15, -0.1) is 0 Å². The molecule has 0 saturated heterocycles. The zero-order chi connectivity index (χ0) is 13.2. The van der Waals surface area contributed by atoms with Gasteiger partial charge >= 0.3 is 0 Å². The predicted octanol–water partition coefficient (Wildman–Crippen LogP) is 1.61. The number of aromatic nitrogens is 2. The van der Waals surface area contributed by atoms with Crippen molar-refractivity contribution >= 4 is 5.91 Å². The van der Waals surface area contributed by atoms with Crippen molar-refractivity contribution in [3.05, 3.63) is 53.9 Å². The molecule has 2 heterocycles. The van der Waals surface area contributed by atoms with Gasteiger partial charge in [-0.2, -0.15) is 0 Å². The third-order valence-corrected chi connectivity index (χ3v) is 3.40. The Kier molecular flexibility index (Phi) is 3.03. The molecular weight excluding hydrogens is 245 g/mol. The lowest BCUT2D eigenvalue weighted by Crippen LogP contribution is -2.39. The number of fused-ring (bicyclic) bond motifs is 1. The summed E-state index contributed by atoms with van der Waals surface area (Å²) in [4.78, 5) is 18.1. The van der Waals surface area contributed by atoms with Crippen molar-refractivity contribution in [2.24, 2.45) is 0 Å². The van der Waals surface area contributed by atoms with Crippen molar-refractivity contribution in [2.45, 2.75) is 19.5 Å². The highest BCUT2D eigenvalue weighted by Crippen LogP contribution is 2.13. The van der Waals surface area contributed by atoms with Gasteiger partial charge in [-0.1, -0.05) is 18.2 Å². The average Bonchev–Trinajstić information content (AvgIpc) is 2.88. The summed E-state index contributed by atoms with van der Waals surface area (Å²) in [6.07, 6.45) is 3.75. The average molecular weight is 259 g/mol. The number of benzene rings is 1. The molecule has 1 aromatic carbocycles. The Morgan fingerprint density at radius 3 is 3.00 bits per heavy atom. The van der Waals surface area contributed by atoms with Crippen molar-refractivity contribution in [1.82, 2.24) is 14.5 Å². The highest BCUT2D eigenvalue weighted by Gasteiger charge is 2.21. The lowest BCUT2D eigenvalue weighted by molar-refractivity contribution is -0.132. The minimum atomic E-state index is -0.325. The zero-order valence-electron chi connectivity index (χ0n) is 10.4. The summed E-state index contributed by atoms with van der Waals surface area (Å²) in [6.45, 7) is 1.90. The maximum Gasteiger partial charge on any atom is 0.227 e. The van der Waals surface area contributed by atoms with Crippen LogP contribution in [-0.2, 0) is 24.3 Å². The van der Waals surface area contributed by atoms with Crippen molar-refractivity contribution in [3.63, 3.8) is 0 Å². The molecule has 98 valence electrons. The Morgan fingerprint density at radius 2 is 2.16 bits per heavy atom. The van der Waals surface area contributed by atoms with Gasteiger partial charge in [-0.05, 0) is 11.6 Å². The van der Waals surface area contributed by atoms with Gasteiger partial charge in [0.1, 0.15) is 11.6 Å². The molecule has 1 aromatic heterocycles. The van der Waals surface area contributed by atoms with Gasteiger partial charge in [0.25, 0.3) is 0 Å². The Hall–Kier alpha value is -2.17. The van der Waals surface area contributed by atoms with Crippen molar-refractivity contribution in [2.75, 3.05) is 6.54 Å². The van der Waals surface area contributed by atoms with E-state index in [1.165, 1.54) is 6.07 Å². The standard InChI is InChI=1S/C14H14FN3O/c15-12-4-2-1-3-11(12)9-14(19)18-8-7-17-6-5-16-13(17)10-18/h1-6H,7-10H2. The molecule has 0 radical (unpaired) electrons. The molecule has 0 N–H and O–H groups in total. The Labute approximate surface area is 110 Å². The first-order chi connectivity index (χ1) is 9.24. The molecule has 0 fully saturated rings. The first kappa shape index (κ1) is 11.9. The SMILES string of the molecule is O=C(Cc1ccccc1F)N1CCn2ccnc2C1. The second-order valence-electron chi connectivity index (χ2n) is 4.62. The quantitative estimate of drug-likeness (QED) is 0.821. The minimum Gasteiger partial charge on any atom is -0.333 e. The largest absolute Gasteiger partial charge is 0.333 e. The molecule has 5 heteroatoms. The van der Waals surface area contributed by atoms with Crippen LogP contribution in [0.15, 0.2) is 36.7 Å². The van der Waals surface area contributed by atoms with E-state index in [-0.39, 0.29) is 18.1 Å². The van der Waals surface area contributed by atoms with Crippen molar-refractivity contribution < 1.29 is 9.18 Å². The maximum absolute atomic E-state index is 13.5. The van der Waals surface area contributed by atoms with Gasteiger partial charge in [-0.3, -0.25) is 4.79 Å². The minimum absolute atomic E-state index is 0.0562. The number of carbonyl (C=O) groups is 1. The third kappa shape index (κ3) is 2.36. The number of nitrogens with zero attached hydrogens (tertiary/aromatic N) is 3. The molecule has 0 unspecified atom stereocenters. The number of hydrogen-bond acceptors (Lipinski definition) is 2. The number of halogens is 1. The molecule has 3 rings (SSSR count). The fourth-order valence-corrected chi connectivity index (χ4v) is 2.30. The predicted molar refractivity (Wildman–Crippen MR) is 67.7 cm³/mol. The van der Waals surface area contributed by atoms with E-state index in [4.69, 9.17) is 0 Å². The summed E-state index contributed by atoms with van der Waals surface area (Å²) in [5.74, 6) is 0.502. The van der Waals surface area contributed by atoms with E-state index in [9.17, 15) is 9.18 Å². The molecular formula is C14H14FN3O. The number of rotatable bonds is 2. The van der Waals surface area contributed by atoms with Gasteiger partial charge in [-0.25, -0.2) is 9.37 Å². The van der Waals surface area contributed by atoms with Gasteiger partial charge < -0.3 is 9.47 Å². The smallest absolute Gasteiger partial charge is 0.227 e. The fraction of sp³-hybridized carbons (Fsp3) is 0.286. The summed E-state index contributed by atoms with van der Waals surface area (Å²) in [7, 11) is 0. The van der Waals surface area contributed by atoms with Gasteiger partial charge in [0, 0.05) is 25.5 Å². The number of imidazole rings is 1. The van der Waals surface area contributed by atoms with Crippen LogP contribution in [0.25, 0.3) is 0 Å². The Morgan fingerprint density at radius 1 is 1.32 bits per heavy atom. The highest BCUT2D eigenvalue weighted by atomic mass is 19.1. The van der Waals surface area contributed by atoms with Crippen LogP contribution in [0.5, 0.6) is 0 Å². The van der Waals surface area contributed by atoms with Crippen LogP contribution in [0.3, 0.4) is 0 Å². The molecule has 0 atom stereocenters. The van der Waals surface area contributed by atoms with E-state index < -0.39 is 0 Å². The lowest BCUT2D eigenvalue weighted by atomic mass is 10.1. The molecule has 2 aromatic rings. The molecule has 4 nitrogen and oxygen atoms in total. The number of carbonyl (C=O) groups excluding carboxylic acids is 1. The lowest BCUT2D eigenvalue weighted by Gasteiger charge is -2.27. The summed E-state index contributed by atoms with van der Waals surface area (Å²) < 4.78 is 15.6. The van der Waals surface area contributed by atoms with Gasteiger partial charge in [0.05, 0.1) is 13.0 Å². The summed E-state index contributed by atoms with van der Waals surface area (Å²) in [5.41, 5.74) is 0.446. The molecule has 0 bridgehead atoms. The first-order valence-corrected chi connectivity index (χ1v) is 6.25. The number of amides is 1. The van der Waals surface area contributed by atoms with E-state index in [1.807, 2.05) is 10.8 Å².